The second-order valence-corrected chi connectivity index (χ2v) is 6.07. The van der Waals surface area contributed by atoms with E-state index in [4.69, 9.17) is 14.2 Å². The van der Waals surface area contributed by atoms with Gasteiger partial charge in [0.1, 0.15) is 5.69 Å². The Bertz CT molecular complexity index is 989. The Hall–Kier alpha value is -3.62. The number of hydrogen-bond donors (Lipinski definition) is 1. The van der Waals surface area contributed by atoms with E-state index in [0.717, 1.165) is 0 Å². The molecule has 29 heavy (non-hydrogen) atoms. The highest BCUT2D eigenvalue weighted by atomic mass is 16.6. The Balaban J connectivity index is 2.44. The summed E-state index contributed by atoms with van der Waals surface area (Å²) in [5.74, 6) is -0.453. The number of aromatic amines is 1. The number of aryl methyl sites for hydroxylation is 1. The van der Waals surface area contributed by atoms with Gasteiger partial charge < -0.3 is 19.2 Å². The molecule has 0 aliphatic heterocycles. The largest absolute Gasteiger partial charge is 0.493 e. The molecule has 0 aliphatic rings. The third-order valence-electron chi connectivity index (χ3n) is 4.31. The van der Waals surface area contributed by atoms with Gasteiger partial charge in [-0.05, 0) is 44.6 Å². The van der Waals surface area contributed by atoms with Crippen LogP contribution in [-0.2, 0) is 4.74 Å². The van der Waals surface area contributed by atoms with Gasteiger partial charge in [0.2, 0.25) is 0 Å². The van der Waals surface area contributed by atoms with E-state index in [1.165, 1.54) is 38.5 Å². The van der Waals surface area contributed by atoms with Gasteiger partial charge in [0.15, 0.2) is 17.3 Å². The molecule has 9 heteroatoms. The summed E-state index contributed by atoms with van der Waals surface area (Å²) in [6.45, 7) is 5.20. The van der Waals surface area contributed by atoms with Gasteiger partial charge in [0, 0.05) is 11.3 Å². The molecule has 0 saturated heterocycles. The molecule has 0 amide bonds. The third kappa shape index (κ3) is 4.45. The van der Waals surface area contributed by atoms with Gasteiger partial charge >= 0.3 is 5.97 Å². The molecule has 2 aromatic rings. The first-order valence-electron chi connectivity index (χ1n) is 8.74. The summed E-state index contributed by atoms with van der Waals surface area (Å²) in [5, 5.41) is 11.4. The fourth-order valence-corrected chi connectivity index (χ4v) is 2.95. The first-order chi connectivity index (χ1) is 13.7. The van der Waals surface area contributed by atoms with E-state index in [-0.39, 0.29) is 29.3 Å². The number of ether oxygens (including phenoxy) is 3. The van der Waals surface area contributed by atoms with Crippen molar-refractivity contribution in [2.45, 2.75) is 20.8 Å². The van der Waals surface area contributed by atoms with E-state index in [0.29, 0.717) is 22.6 Å². The first-order valence-corrected chi connectivity index (χ1v) is 8.74. The molecule has 1 heterocycles. The second kappa shape index (κ2) is 9.05. The minimum absolute atomic E-state index is 0.178. The summed E-state index contributed by atoms with van der Waals surface area (Å²) >= 11 is 0. The molecule has 0 bridgehead atoms. The molecule has 0 fully saturated rings. The zero-order valence-corrected chi connectivity index (χ0v) is 16.8. The molecule has 0 radical (unpaired) electrons. The van der Waals surface area contributed by atoms with E-state index in [9.17, 15) is 19.7 Å². The van der Waals surface area contributed by atoms with Crippen molar-refractivity contribution < 1.29 is 28.7 Å². The van der Waals surface area contributed by atoms with Crippen LogP contribution in [0.15, 0.2) is 18.2 Å². The Morgan fingerprint density at radius 3 is 2.34 bits per heavy atom. The Morgan fingerprint density at radius 1 is 1.17 bits per heavy atom. The van der Waals surface area contributed by atoms with Crippen molar-refractivity contribution in [3.8, 4) is 11.5 Å². The summed E-state index contributed by atoms with van der Waals surface area (Å²) in [6.07, 6.45) is 2.55. The molecule has 0 unspecified atom stereocenters. The van der Waals surface area contributed by atoms with Crippen LogP contribution < -0.4 is 9.47 Å². The lowest BCUT2D eigenvalue weighted by atomic mass is 10.0. The molecule has 0 aliphatic carbocycles. The van der Waals surface area contributed by atoms with Crippen LogP contribution in [0.4, 0.5) is 5.69 Å². The highest BCUT2D eigenvalue weighted by Gasteiger charge is 2.22. The minimum Gasteiger partial charge on any atom is -0.493 e. The lowest BCUT2D eigenvalue weighted by Crippen LogP contribution is -2.07. The number of hydrogen-bond acceptors (Lipinski definition) is 7. The van der Waals surface area contributed by atoms with Crippen LogP contribution in [-0.4, -0.2) is 42.5 Å². The number of aromatic nitrogens is 1. The van der Waals surface area contributed by atoms with Crippen LogP contribution >= 0.6 is 0 Å². The second-order valence-electron chi connectivity index (χ2n) is 6.07. The first kappa shape index (κ1) is 21.7. The van der Waals surface area contributed by atoms with E-state index in [1.807, 2.05) is 0 Å². The molecule has 154 valence electrons. The van der Waals surface area contributed by atoms with Crippen LogP contribution in [0.2, 0.25) is 0 Å². The normalized spacial score (nSPS) is 10.8. The van der Waals surface area contributed by atoms with Crippen LogP contribution in [0.1, 0.15) is 44.6 Å². The number of nitrogens with one attached hydrogen (secondary N) is 1. The molecule has 1 aromatic carbocycles. The van der Waals surface area contributed by atoms with Crippen molar-refractivity contribution in [2.24, 2.45) is 0 Å². The predicted octanol–water partition coefficient (Wildman–Crippen LogP) is 3.63. The molecule has 1 aromatic heterocycles. The molecule has 0 saturated carbocycles. The molecular formula is C20H22N2O7. The third-order valence-corrected chi connectivity index (χ3v) is 4.31. The van der Waals surface area contributed by atoms with Crippen molar-refractivity contribution in [2.75, 3.05) is 20.8 Å². The number of nitro groups is 1. The number of nitrogens with zero attached hydrogens (tertiary/aromatic N) is 1. The standard InChI is InChI=1S/C20H22N2O7/c1-6-29-20(24)19-11(2)18(12(3)21-19)15(23)8-7-13-9-16(27-4)17(28-5)10-14(13)22(25)26/h7-10,21H,6H2,1-5H3/b8-7+. The summed E-state index contributed by atoms with van der Waals surface area (Å²) in [4.78, 5) is 38.4. The average molecular weight is 402 g/mol. The number of nitro benzene ring substituents is 1. The van der Waals surface area contributed by atoms with Crippen molar-refractivity contribution in [1.29, 1.82) is 0 Å². The fraction of sp³-hybridized carbons (Fsp3) is 0.300. The van der Waals surface area contributed by atoms with Gasteiger partial charge in [-0.2, -0.15) is 0 Å². The van der Waals surface area contributed by atoms with Gasteiger partial charge in [-0.1, -0.05) is 0 Å². The number of methoxy groups -OCH3 is 2. The Labute approximate surface area is 167 Å². The van der Waals surface area contributed by atoms with Crippen molar-refractivity contribution in [1.82, 2.24) is 4.98 Å². The lowest BCUT2D eigenvalue weighted by molar-refractivity contribution is -0.385. The fourth-order valence-electron chi connectivity index (χ4n) is 2.95. The molecule has 9 nitrogen and oxygen atoms in total. The Kier molecular flexibility index (Phi) is 6.76. The summed E-state index contributed by atoms with van der Waals surface area (Å²) in [6, 6.07) is 2.65. The molecule has 1 N–H and O–H groups in total. The van der Waals surface area contributed by atoms with Crippen LogP contribution in [0.3, 0.4) is 0 Å². The number of allylic oxidation sites excluding steroid dienone is 1. The zero-order chi connectivity index (χ0) is 21.7. The van der Waals surface area contributed by atoms with Crippen molar-refractivity contribution in [3.05, 3.63) is 56.4 Å². The number of esters is 1. The average Bonchev–Trinajstić information content (AvgIpc) is 2.99. The zero-order valence-electron chi connectivity index (χ0n) is 16.8. The smallest absolute Gasteiger partial charge is 0.355 e. The van der Waals surface area contributed by atoms with Gasteiger partial charge in [-0.3, -0.25) is 14.9 Å². The maximum Gasteiger partial charge on any atom is 0.355 e. The molecule has 0 atom stereocenters. The van der Waals surface area contributed by atoms with Crippen molar-refractivity contribution in [3.63, 3.8) is 0 Å². The van der Waals surface area contributed by atoms with Crippen LogP contribution in [0, 0.1) is 24.0 Å². The Morgan fingerprint density at radius 2 is 1.79 bits per heavy atom. The summed E-state index contributed by atoms with van der Waals surface area (Å²) in [7, 11) is 2.78. The van der Waals surface area contributed by atoms with Crippen LogP contribution in [0.25, 0.3) is 6.08 Å². The topological polar surface area (TPSA) is 121 Å². The summed E-state index contributed by atoms with van der Waals surface area (Å²) < 4.78 is 15.2. The molecule has 2 rings (SSSR count). The van der Waals surface area contributed by atoms with E-state index in [1.54, 1.807) is 20.8 Å². The van der Waals surface area contributed by atoms with E-state index in [2.05, 4.69) is 4.98 Å². The number of carbonyl (C=O) groups is 2. The van der Waals surface area contributed by atoms with Crippen LogP contribution in [0.5, 0.6) is 11.5 Å². The van der Waals surface area contributed by atoms with E-state index < -0.39 is 16.7 Å². The number of ketones is 1. The maximum absolute atomic E-state index is 12.7. The van der Waals surface area contributed by atoms with Gasteiger partial charge in [-0.25, -0.2) is 4.79 Å². The van der Waals surface area contributed by atoms with Gasteiger partial charge in [-0.15, -0.1) is 0 Å². The predicted molar refractivity (Wildman–Crippen MR) is 106 cm³/mol. The minimum atomic E-state index is -0.572. The molecule has 0 spiro atoms. The number of benzene rings is 1. The lowest BCUT2D eigenvalue weighted by Gasteiger charge is -2.08. The monoisotopic (exact) mass is 402 g/mol. The molecular weight excluding hydrogens is 380 g/mol. The number of carbonyl (C=O) groups excluding carboxylic acids is 2. The SMILES string of the molecule is CCOC(=O)c1[nH]c(C)c(C(=O)/C=C/c2cc(OC)c(OC)cc2[N+](=O)[O-])c1C. The van der Waals surface area contributed by atoms with Crippen molar-refractivity contribution >= 4 is 23.5 Å². The highest BCUT2D eigenvalue weighted by Crippen LogP contribution is 2.35. The number of H-pyrrole nitrogens is 1. The van der Waals surface area contributed by atoms with Gasteiger partial charge in [0.25, 0.3) is 5.69 Å². The summed E-state index contributed by atoms with van der Waals surface area (Å²) in [5.41, 5.74) is 1.42. The number of rotatable bonds is 8. The highest BCUT2D eigenvalue weighted by molar-refractivity contribution is 6.10. The quantitative estimate of drug-likeness (QED) is 0.235. The van der Waals surface area contributed by atoms with E-state index >= 15 is 0 Å². The maximum atomic E-state index is 12.7. The van der Waals surface area contributed by atoms with Gasteiger partial charge in [0.05, 0.1) is 37.4 Å².